The third-order valence-corrected chi connectivity index (χ3v) is 1.70. The molecule has 0 N–H and O–H groups in total. The molecule has 0 aliphatic rings. The Morgan fingerprint density at radius 2 is 1.53 bits per heavy atom. The van der Waals surface area contributed by atoms with Gasteiger partial charge in [0.25, 0.3) is 0 Å². The highest BCUT2D eigenvalue weighted by Gasteiger charge is 1.97. The number of aromatic nitrogens is 1. The van der Waals surface area contributed by atoms with Crippen molar-refractivity contribution in [1.29, 1.82) is 0 Å². The number of hydrogen-bond acceptors (Lipinski definition) is 0. The van der Waals surface area contributed by atoms with Crippen molar-refractivity contribution in [1.82, 2.24) is 4.57 Å². The molecule has 0 atom stereocenters. The monoisotopic (exact) mass is 237 g/mol. The maximum absolute atomic E-state index is 3.74. The quantitative estimate of drug-likeness (QED) is 0.614. The van der Waals surface area contributed by atoms with Gasteiger partial charge in [0.1, 0.15) is 0 Å². The van der Waals surface area contributed by atoms with Crippen LogP contribution >= 0.6 is 0 Å². The fraction of sp³-hybridized carbons (Fsp3) is 0.500. The van der Waals surface area contributed by atoms with Crippen molar-refractivity contribution in [2.24, 2.45) is 7.05 Å². The van der Waals surface area contributed by atoms with E-state index in [1.807, 2.05) is 73.9 Å². The van der Waals surface area contributed by atoms with E-state index in [2.05, 4.69) is 23.3 Å². The van der Waals surface area contributed by atoms with E-state index in [9.17, 15) is 0 Å². The van der Waals surface area contributed by atoms with Crippen LogP contribution in [0.4, 0.5) is 0 Å². The first-order valence-corrected chi connectivity index (χ1v) is 6.70. The highest BCUT2D eigenvalue weighted by molar-refractivity contribution is 5.62. The van der Waals surface area contributed by atoms with E-state index in [4.69, 9.17) is 0 Å². The number of hydrogen-bond donors (Lipinski definition) is 0. The van der Waals surface area contributed by atoms with Gasteiger partial charge in [0.15, 0.2) is 0 Å². The molecule has 0 bridgehead atoms. The van der Waals surface area contributed by atoms with Crippen molar-refractivity contribution < 1.29 is 0 Å². The summed E-state index contributed by atoms with van der Waals surface area (Å²) < 4.78 is 2.08. The summed E-state index contributed by atoms with van der Waals surface area (Å²) in [5.74, 6) is 0. The van der Waals surface area contributed by atoms with E-state index in [-0.39, 0.29) is 0 Å². The summed E-state index contributed by atoms with van der Waals surface area (Å²) in [6, 6.07) is 2.06. The zero-order valence-electron chi connectivity index (χ0n) is 13.0. The first-order chi connectivity index (χ1) is 8.29. The van der Waals surface area contributed by atoms with Crippen LogP contribution in [-0.4, -0.2) is 4.57 Å². The maximum atomic E-state index is 3.74. The van der Waals surface area contributed by atoms with Gasteiger partial charge in [0.2, 0.25) is 0 Å². The Morgan fingerprint density at radius 1 is 1.06 bits per heavy atom. The van der Waals surface area contributed by atoms with Crippen LogP contribution in [0.1, 0.15) is 59.7 Å². The van der Waals surface area contributed by atoms with Gasteiger partial charge in [-0.25, -0.2) is 0 Å². The fourth-order valence-electron chi connectivity index (χ4n) is 1.11. The number of aryl methyl sites for hydroxylation is 1. The van der Waals surface area contributed by atoms with E-state index >= 15 is 0 Å². The van der Waals surface area contributed by atoms with Crippen molar-refractivity contribution in [3.8, 4) is 0 Å². The smallest absolute Gasteiger partial charge is 0.0474 e. The predicted octanol–water partition coefficient (Wildman–Crippen LogP) is 5.78. The van der Waals surface area contributed by atoms with Crippen LogP contribution in [-0.2, 0) is 7.05 Å². The Balaban J connectivity index is -0.000000285. The SMILES string of the molecule is C=Cc1ccn(C)c1/C=C\C.CC.CC.CC. The van der Waals surface area contributed by atoms with Crippen molar-refractivity contribution in [3.63, 3.8) is 0 Å². The van der Waals surface area contributed by atoms with Gasteiger partial charge in [0.05, 0.1) is 0 Å². The molecule has 0 saturated heterocycles. The fourth-order valence-corrected chi connectivity index (χ4v) is 1.11. The molecule has 1 aromatic rings. The van der Waals surface area contributed by atoms with Gasteiger partial charge in [-0.1, -0.05) is 60.3 Å². The largest absolute Gasteiger partial charge is 0.351 e. The molecule has 100 valence electrons. The minimum absolute atomic E-state index is 1.19. The topological polar surface area (TPSA) is 4.93 Å². The molecule has 0 radical (unpaired) electrons. The van der Waals surface area contributed by atoms with Crippen molar-refractivity contribution in [2.45, 2.75) is 48.5 Å². The van der Waals surface area contributed by atoms with Crippen LogP contribution in [0, 0.1) is 0 Å². The van der Waals surface area contributed by atoms with E-state index < -0.39 is 0 Å². The molecule has 1 rings (SSSR count). The zero-order chi connectivity index (χ0) is 14.3. The lowest BCUT2D eigenvalue weighted by atomic mass is 10.2. The minimum Gasteiger partial charge on any atom is -0.351 e. The molecule has 1 aromatic heterocycles. The molecular weight excluding hydrogens is 206 g/mol. The Bertz CT molecular complexity index is 280. The number of nitrogens with zero attached hydrogens (tertiary/aromatic N) is 1. The highest BCUT2D eigenvalue weighted by Crippen LogP contribution is 2.12. The third kappa shape index (κ3) is 8.56. The van der Waals surface area contributed by atoms with Crippen LogP contribution in [0.25, 0.3) is 12.2 Å². The predicted molar refractivity (Wildman–Crippen MR) is 84.3 cm³/mol. The maximum Gasteiger partial charge on any atom is 0.0474 e. The number of rotatable bonds is 2. The molecule has 0 aliphatic carbocycles. The summed E-state index contributed by atoms with van der Waals surface area (Å²) in [7, 11) is 2.03. The van der Waals surface area contributed by atoms with E-state index in [0.717, 1.165) is 0 Å². The number of allylic oxidation sites excluding steroid dienone is 1. The molecule has 0 fully saturated rings. The Hall–Kier alpha value is -1.24. The Labute approximate surface area is 109 Å². The third-order valence-electron chi connectivity index (χ3n) is 1.70. The second-order valence-corrected chi connectivity index (χ2v) is 2.47. The first-order valence-electron chi connectivity index (χ1n) is 6.70. The first kappa shape index (κ1) is 21.1. The van der Waals surface area contributed by atoms with E-state index in [1.54, 1.807) is 0 Å². The lowest BCUT2D eigenvalue weighted by Gasteiger charge is -1.97. The molecular formula is C16H31N. The Morgan fingerprint density at radius 3 is 1.88 bits per heavy atom. The van der Waals surface area contributed by atoms with Crippen molar-refractivity contribution in [3.05, 3.63) is 36.2 Å². The summed E-state index contributed by atoms with van der Waals surface area (Å²) in [6.07, 6.45) is 8.01. The van der Waals surface area contributed by atoms with Gasteiger partial charge in [0, 0.05) is 18.9 Å². The molecule has 0 amide bonds. The average molecular weight is 237 g/mol. The van der Waals surface area contributed by atoms with E-state index in [1.165, 1.54) is 11.3 Å². The van der Waals surface area contributed by atoms with Crippen molar-refractivity contribution in [2.75, 3.05) is 0 Å². The highest BCUT2D eigenvalue weighted by atomic mass is 14.9. The second-order valence-electron chi connectivity index (χ2n) is 2.47. The van der Waals surface area contributed by atoms with Crippen LogP contribution in [0.2, 0.25) is 0 Å². The van der Waals surface area contributed by atoms with Gasteiger partial charge in [-0.2, -0.15) is 0 Å². The van der Waals surface area contributed by atoms with Crippen LogP contribution in [0.15, 0.2) is 24.9 Å². The van der Waals surface area contributed by atoms with Crippen LogP contribution in [0.3, 0.4) is 0 Å². The van der Waals surface area contributed by atoms with Crippen molar-refractivity contribution >= 4 is 12.2 Å². The molecule has 1 heterocycles. The summed E-state index contributed by atoms with van der Waals surface area (Å²) in [4.78, 5) is 0. The molecule has 0 aromatic carbocycles. The molecule has 0 spiro atoms. The van der Waals surface area contributed by atoms with Gasteiger partial charge >= 0.3 is 0 Å². The normalized spacial score (nSPS) is 8.00. The molecule has 1 nitrogen and oxygen atoms in total. The average Bonchev–Trinajstić information content (AvgIpc) is 2.78. The van der Waals surface area contributed by atoms with Crippen LogP contribution in [0.5, 0.6) is 0 Å². The Kier molecular flexibility index (Phi) is 21.3. The van der Waals surface area contributed by atoms with Gasteiger partial charge in [-0.15, -0.1) is 0 Å². The lowest BCUT2D eigenvalue weighted by Crippen LogP contribution is -1.88. The summed E-state index contributed by atoms with van der Waals surface area (Å²) in [6.45, 7) is 17.8. The zero-order valence-corrected chi connectivity index (χ0v) is 13.0. The van der Waals surface area contributed by atoms with Gasteiger partial charge in [-0.3, -0.25) is 0 Å². The summed E-state index contributed by atoms with van der Waals surface area (Å²) in [5.41, 5.74) is 2.40. The molecule has 0 unspecified atom stereocenters. The van der Waals surface area contributed by atoms with E-state index in [0.29, 0.717) is 0 Å². The van der Waals surface area contributed by atoms with Crippen LogP contribution < -0.4 is 0 Å². The summed E-state index contributed by atoms with van der Waals surface area (Å²) in [5, 5.41) is 0. The minimum atomic E-state index is 1.19. The molecule has 0 aliphatic heterocycles. The molecule has 17 heavy (non-hydrogen) atoms. The second kappa shape index (κ2) is 17.2. The van der Waals surface area contributed by atoms with Gasteiger partial charge in [-0.05, 0) is 24.6 Å². The molecule has 0 saturated carbocycles. The standard InChI is InChI=1S/C10H13N.3C2H6/c1-4-6-10-9(5-2)7-8-11(10)3;3*1-2/h4-8H,2H2,1,3H3;3*1-2H3/b6-4-;;;. The molecule has 1 heteroatoms. The lowest BCUT2D eigenvalue weighted by molar-refractivity contribution is 0.914. The van der Waals surface area contributed by atoms with Gasteiger partial charge < -0.3 is 4.57 Å². The summed E-state index contributed by atoms with van der Waals surface area (Å²) >= 11 is 0.